The number of benzene rings is 2. The van der Waals surface area contributed by atoms with Crippen LogP contribution in [0.25, 0.3) is 0 Å². The molecule has 3 aromatic rings. The van der Waals surface area contributed by atoms with Gasteiger partial charge in [0.1, 0.15) is 17.9 Å². The molecule has 3 rings (SSSR count). The quantitative estimate of drug-likeness (QED) is 0.232. The Morgan fingerprint density at radius 2 is 1.78 bits per heavy atom. The molecule has 0 fully saturated rings. The largest absolute Gasteiger partial charge is 0.437 e. The van der Waals surface area contributed by atoms with Gasteiger partial charge in [0.2, 0.25) is 11.8 Å². The zero-order valence-corrected chi connectivity index (χ0v) is 23.8. The van der Waals surface area contributed by atoms with Crippen LogP contribution in [0.4, 0.5) is 10.2 Å². The third-order valence-corrected chi connectivity index (χ3v) is 6.17. The summed E-state index contributed by atoms with van der Waals surface area (Å²) in [6.45, 7) is 4.71. The Morgan fingerprint density at radius 1 is 1.12 bits per heavy atom. The highest BCUT2D eigenvalue weighted by atomic mass is 19.1. The Kier molecular flexibility index (Phi) is 10.8. The number of aromatic nitrogens is 2. The Morgan fingerprint density at radius 3 is 2.39 bits per heavy atom. The third-order valence-electron chi connectivity index (χ3n) is 6.17. The number of rotatable bonds is 13. The van der Waals surface area contributed by atoms with Crippen LogP contribution in [-0.4, -0.2) is 76.5 Å². The number of hydrogen-bond acceptors (Lipinski definition) is 7. The molecule has 3 amide bonds. The maximum atomic E-state index is 13.5. The van der Waals surface area contributed by atoms with Crippen LogP contribution >= 0.6 is 0 Å². The molecule has 0 bridgehead atoms. The number of hydrogen-bond donors (Lipinski definition) is 4. The van der Waals surface area contributed by atoms with Gasteiger partial charge in [-0.15, -0.1) is 0 Å². The van der Waals surface area contributed by atoms with Gasteiger partial charge in [-0.3, -0.25) is 14.4 Å². The average molecular weight is 566 g/mol. The van der Waals surface area contributed by atoms with E-state index in [0.717, 1.165) is 5.56 Å². The van der Waals surface area contributed by atoms with Crippen molar-refractivity contribution in [3.8, 4) is 0 Å². The molecule has 13 heteroatoms. The number of amides is 3. The summed E-state index contributed by atoms with van der Waals surface area (Å²) in [5.74, 6) is -1.70. The van der Waals surface area contributed by atoms with Gasteiger partial charge >= 0.3 is 7.05 Å². The molecule has 218 valence electrons. The van der Waals surface area contributed by atoms with Crippen LogP contribution in [0.3, 0.4) is 0 Å². The van der Waals surface area contributed by atoms with Gasteiger partial charge < -0.3 is 35.1 Å². The predicted molar refractivity (Wildman–Crippen MR) is 153 cm³/mol. The number of halogens is 1. The highest BCUT2D eigenvalue weighted by Crippen LogP contribution is 2.22. The third kappa shape index (κ3) is 8.97. The van der Waals surface area contributed by atoms with E-state index in [1.807, 2.05) is 30.3 Å². The number of likely N-dealkylation sites (N-methyl/N-ethyl adjacent to an activating group) is 1. The van der Waals surface area contributed by atoms with Gasteiger partial charge in [-0.2, -0.15) is 0 Å². The number of carbonyl (C=O) groups excluding carboxylic acids is 3. The maximum Gasteiger partial charge on any atom is 0.374 e. The Bertz CT molecular complexity index is 1320. The van der Waals surface area contributed by atoms with Gasteiger partial charge in [0.05, 0.1) is 25.1 Å². The topological polar surface area (TPSA) is 138 Å². The Balaban J connectivity index is 1.79. The molecule has 1 unspecified atom stereocenters. The standard InChI is InChI=1S/C28H36BFN6O5/c1-28(2,34-29(3)40)27(39)32-22(17-41-16-19-9-7-6-8-10-19)25(37)33-23-15-36(18-31-23)24(26(38)35(4)5)20-11-13-21(30)14-12-20/h6-15,18,22,24,34,40H,16-17H2,1-5H3,(H,32,39)(H,33,37)/t22-,24?/m1/s1. The second-order valence-corrected chi connectivity index (χ2v) is 10.4. The summed E-state index contributed by atoms with van der Waals surface area (Å²) in [5, 5.41) is 17.8. The van der Waals surface area contributed by atoms with Crippen molar-refractivity contribution in [3.63, 3.8) is 0 Å². The fourth-order valence-corrected chi connectivity index (χ4v) is 4.07. The molecule has 2 aromatic carbocycles. The molecule has 0 aliphatic heterocycles. The molecule has 1 aromatic heterocycles. The molecule has 1 heterocycles. The Hall–Kier alpha value is -4.07. The van der Waals surface area contributed by atoms with E-state index in [0.29, 0.717) is 5.56 Å². The summed E-state index contributed by atoms with van der Waals surface area (Å²) in [7, 11) is 2.25. The van der Waals surface area contributed by atoms with Crippen molar-refractivity contribution >= 4 is 30.6 Å². The first kappa shape index (κ1) is 31.5. The van der Waals surface area contributed by atoms with Gasteiger partial charge in [-0.25, -0.2) is 9.37 Å². The molecule has 0 saturated heterocycles. The van der Waals surface area contributed by atoms with Crippen LogP contribution < -0.4 is 15.9 Å². The van der Waals surface area contributed by atoms with E-state index in [-0.39, 0.29) is 24.9 Å². The zero-order chi connectivity index (χ0) is 30.2. The fraction of sp³-hybridized carbons (Fsp3) is 0.357. The van der Waals surface area contributed by atoms with Crippen LogP contribution in [0.15, 0.2) is 67.1 Å². The highest BCUT2D eigenvalue weighted by molar-refractivity contribution is 6.46. The summed E-state index contributed by atoms with van der Waals surface area (Å²) >= 11 is 0. The summed E-state index contributed by atoms with van der Waals surface area (Å²) in [5.41, 5.74) is 0.237. The number of nitrogens with one attached hydrogen (secondary N) is 3. The number of imidazole rings is 1. The van der Waals surface area contributed by atoms with Crippen molar-refractivity contribution in [2.75, 3.05) is 26.0 Å². The van der Waals surface area contributed by atoms with E-state index in [1.165, 1.54) is 53.1 Å². The molecule has 41 heavy (non-hydrogen) atoms. The first-order valence-electron chi connectivity index (χ1n) is 13.1. The van der Waals surface area contributed by atoms with Crippen LogP contribution in [0, 0.1) is 5.82 Å². The predicted octanol–water partition coefficient (Wildman–Crippen LogP) is 1.82. The van der Waals surface area contributed by atoms with Crippen molar-refractivity contribution in [1.82, 2.24) is 25.0 Å². The maximum absolute atomic E-state index is 13.5. The van der Waals surface area contributed by atoms with Gasteiger partial charge in [0, 0.05) is 20.3 Å². The van der Waals surface area contributed by atoms with Crippen LogP contribution in [0.2, 0.25) is 6.82 Å². The summed E-state index contributed by atoms with van der Waals surface area (Å²) < 4.78 is 20.8. The average Bonchev–Trinajstić information content (AvgIpc) is 3.36. The normalized spacial score (nSPS) is 12.8. The van der Waals surface area contributed by atoms with Crippen molar-refractivity contribution in [3.05, 3.63) is 84.1 Å². The first-order chi connectivity index (χ1) is 19.4. The summed E-state index contributed by atoms with van der Waals surface area (Å²) in [6, 6.07) is 13.0. The van der Waals surface area contributed by atoms with Crippen LogP contribution in [0.5, 0.6) is 0 Å². The lowest BCUT2D eigenvalue weighted by atomic mass is 9.83. The van der Waals surface area contributed by atoms with Gasteiger partial charge in [0.25, 0.3) is 5.91 Å². The lowest BCUT2D eigenvalue weighted by Gasteiger charge is -2.28. The number of ether oxygens (including phenoxy) is 1. The Labute approximate surface area is 239 Å². The van der Waals surface area contributed by atoms with Crippen LogP contribution in [-0.2, 0) is 25.7 Å². The lowest BCUT2D eigenvalue weighted by Crippen LogP contribution is -2.60. The van der Waals surface area contributed by atoms with E-state index in [2.05, 4.69) is 20.8 Å². The number of carbonyl (C=O) groups is 3. The molecule has 0 radical (unpaired) electrons. The molecule has 11 nitrogen and oxygen atoms in total. The number of nitrogens with zero attached hydrogens (tertiary/aromatic N) is 3. The molecule has 0 aliphatic rings. The van der Waals surface area contributed by atoms with E-state index in [1.54, 1.807) is 27.9 Å². The molecule has 0 spiro atoms. The van der Waals surface area contributed by atoms with E-state index in [4.69, 9.17) is 4.74 Å². The molecule has 2 atom stereocenters. The molecular weight excluding hydrogens is 530 g/mol. The SMILES string of the molecule is CB(O)NC(C)(C)C(=O)N[C@H](COCc1ccccc1)C(=O)Nc1cn(C(C(=O)N(C)C)c2ccc(F)cc2)cn1. The minimum atomic E-state index is -1.19. The van der Waals surface area contributed by atoms with E-state index in [9.17, 15) is 23.8 Å². The summed E-state index contributed by atoms with van der Waals surface area (Å²) in [4.78, 5) is 45.0. The molecule has 4 N–H and O–H groups in total. The minimum absolute atomic E-state index is 0.136. The minimum Gasteiger partial charge on any atom is -0.437 e. The first-order valence-corrected chi connectivity index (χ1v) is 13.1. The fourth-order valence-electron chi connectivity index (χ4n) is 4.07. The van der Waals surface area contributed by atoms with Gasteiger partial charge in [-0.05, 0) is 43.9 Å². The molecular formula is C28H36BFN6O5. The van der Waals surface area contributed by atoms with E-state index >= 15 is 0 Å². The van der Waals surface area contributed by atoms with Gasteiger partial charge in [0.15, 0.2) is 5.82 Å². The van der Waals surface area contributed by atoms with Crippen molar-refractivity contribution in [2.45, 2.75) is 44.9 Å². The van der Waals surface area contributed by atoms with Gasteiger partial charge in [-0.1, -0.05) is 42.5 Å². The van der Waals surface area contributed by atoms with Crippen molar-refractivity contribution in [2.24, 2.45) is 0 Å². The van der Waals surface area contributed by atoms with Crippen molar-refractivity contribution in [1.29, 1.82) is 0 Å². The lowest BCUT2D eigenvalue weighted by molar-refractivity contribution is -0.131. The smallest absolute Gasteiger partial charge is 0.374 e. The second-order valence-electron chi connectivity index (χ2n) is 10.4. The highest BCUT2D eigenvalue weighted by Gasteiger charge is 2.33. The summed E-state index contributed by atoms with van der Waals surface area (Å²) in [6.07, 6.45) is 2.87. The second kappa shape index (κ2) is 14.0. The monoisotopic (exact) mass is 566 g/mol. The van der Waals surface area contributed by atoms with Crippen LogP contribution in [0.1, 0.15) is 31.0 Å². The number of anilines is 1. The molecule has 0 aliphatic carbocycles. The zero-order valence-electron chi connectivity index (χ0n) is 23.8. The molecule has 0 saturated carbocycles. The van der Waals surface area contributed by atoms with E-state index < -0.39 is 42.3 Å². The van der Waals surface area contributed by atoms with Crippen molar-refractivity contribution < 1.29 is 28.5 Å².